The quantitative estimate of drug-likeness (QED) is 0.551. The highest BCUT2D eigenvalue weighted by Crippen LogP contribution is 2.11. The van der Waals surface area contributed by atoms with Gasteiger partial charge in [0, 0.05) is 55.0 Å². The Morgan fingerprint density at radius 1 is 0.889 bits per heavy atom. The maximum Gasteiger partial charge on any atom is 0.240 e. The summed E-state index contributed by atoms with van der Waals surface area (Å²) >= 11 is 0. The second kappa shape index (κ2) is 12.2. The first kappa shape index (κ1) is 21.1. The van der Waals surface area contributed by atoms with Crippen molar-refractivity contribution >= 4 is 20.7 Å². The van der Waals surface area contributed by atoms with E-state index in [2.05, 4.69) is 35.4 Å². The molecule has 27 heavy (non-hydrogen) atoms. The molecule has 138 valence electrons. The van der Waals surface area contributed by atoms with E-state index < -0.39 is 0 Å². The molecule has 0 aliphatic rings. The summed E-state index contributed by atoms with van der Waals surface area (Å²) in [5, 5.41) is 8.51. The zero-order valence-corrected chi connectivity index (χ0v) is 17.1. The molecule has 3 aromatic rings. The average molecular weight is 395 g/mol. The molecule has 0 fully saturated rings. The van der Waals surface area contributed by atoms with Crippen LogP contribution in [0, 0.1) is 0 Å². The van der Waals surface area contributed by atoms with Crippen LogP contribution in [-0.2, 0) is 26.2 Å². The molecule has 6 radical (unpaired) electrons. The zero-order valence-electron chi connectivity index (χ0n) is 15.1. The summed E-state index contributed by atoms with van der Waals surface area (Å²) in [6.07, 6.45) is 6.70. The van der Waals surface area contributed by atoms with Gasteiger partial charge in [0.25, 0.3) is 0 Å². The Balaban J connectivity index is 0.00000126. The first-order valence-corrected chi connectivity index (χ1v) is 9.77. The predicted octanol–water partition coefficient (Wildman–Crippen LogP) is 1.31. The molecule has 3 aromatic heterocycles. The highest BCUT2D eigenvalue weighted by Gasteiger charge is 2.12. The van der Waals surface area contributed by atoms with Gasteiger partial charge in [-0.1, -0.05) is 23.4 Å². The van der Waals surface area contributed by atoms with E-state index in [-0.39, 0.29) is 0 Å². The smallest absolute Gasteiger partial charge is 0.240 e. The van der Waals surface area contributed by atoms with E-state index in [1.807, 2.05) is 70.2 Å². The number of hydrogen-bond donors (Lipinski definition) is 1. The number of rotatable bonds is 9. The molecule has 0 unspecified atom stereocenters. The van der Waals surface area contributed by atoms with Gasteiger partial charge in [-0.15, -0.1) is 5.10 Å². The van der Waals surface area contributed by atoms with Gasteiger partial charge in [-0.3, -0.25) is 19.5 Å². The fraction of sp³-hybridized carbons (Fsp3) is 0.333. The lowest BCUT2D eigenvalue weighted by Crippen LogP contribution is -2.23. The van der Waals surface area contributed by atoms with Crippen molar-refractivity contribution in [2.24, 2.45) is 0 Å². The SMILES string of the molecule is O[Si].[Si]CCCn1cc(CN(Cc2ccccn2)Cc2ccccn2)nn1. The van der Waals surface area contributed by atoms with Crippen molar-refractivity contribution < 1.29 is 4.80 Å². The second-order valence-electron chi connectivity index (χ2n) is 5.86. The minimum absolute atomic E-state index is 0.709. The van der Waals surface area contributed by atoms with Gasteiger partial charge < -0.3 is 4.80 Å². The first-order chi connectivity index (χ1) is 13.3. The summed E-state index contributed by atoms with van der Waals surface area (Å²) in [6.45, 7) is 3.06. The summed E-state index contributed by atoms with van der Waals surface area (Å²) in [4.78, 5) is 18.0. The zero-order chi connectivity index (χ0) is 19.3. The van der Waals surface area contributed by atoms with Crippen LogP contribution in [0.2, 0.25) is 6.04 Å². The van der Waals surface area contributed by atoms with Crippen LogP contribution in [0.5, 0.6) is 0 Å². The number of aromatic nitrogens is 5. The van der Waals surface area contributed by atoms with Gasteiger partial charge in [0.2, 0.25) is 10.5 Å². The second-order valence-corrected chi connectivity index (χ2v) is 6.36. The molecule has 1 N–H and O–H groups in total. The molecule has 0 amide bonds. The lowest BCUT2D eigenvalue weighted by atomic mass is 10.2. The van der Waals surface area contributed by atoms with Crippen molar-refractivity contribution in [2.75, 3.05) is 0 Å². The van der Waals surface area contributed by atoms with Gasteiger partial charge in [-0.05, 0) is 30.7 Å². The van der Waals surface area contributed by atoms with Crippen LogP contribution >= 0.6 is 0 Å². The van der Waals surface area contributed by atoms with Gasteiger partial charge in [0.1, 0.15) is 0 Å². The maximum atomic E-state index is 6.81. The van der Waals surface area contributed by atoms with Gasteiger partial charge in [0.05, 0.1) is 17.1 Å². The van der Waals surface area contributed by atoms with Crippen molar-refractivity contribution in [1.82, 2.24) is 29.9 Å². The van der Waals surface area contributed by atoms with Crippen molar-refractivity contribution in [3.05, 3.63) is 72.1 Å². The molecule has 0 aliphatic carbocycles. The molecule has 0 saturated carbocycles. The van der Waals surface area contributed by atoms with Gasteiger partial charge in [0.15, 0.2) is 0 Å². The number of pyridine rings is 2. The molecular formula is C18H22N6OSi2. The minimum atomic E-state index is 0.709. The maximum absolute atomic E-state index is 6.81. The topological polar surface area (TPSA) is 80.0 Å². The lowest BCUT2D eigenvalue weighted by molar-refractivity contribution is 0.238. The van der Waals surface area contributed by atoms with Gasteiger partial charge in [-0.2, -0.15) is 0 Å². The van der Waals surface area contributed by atoms with E-state index in [9.17, 15) is 0 Å². The predicted molar refractivity (Wildman–Crippen MR) is 105 cm³/mol. The normalized spacial score (nSPS) is 10.5. The molecule has 0 spiro atoms. The monoisotopic (exact) mass is 394 g/mol. The van der Waals surface area contributed by atoms with Crippen LogP contribution in [0.15, 0.2) is 55.0 Å². The molecule has 7 nitrogen and oxygen atoms in total. The highest BCUT2D eigenvalue weighted by atomic mass is 28.2. The highest BCUT2D eigenvalue weighted by molar-refractivity contribution is 6.08. The summed E-state index contributed by atoms with van der Waals surface area (Å²) in [5.41, 5.74) is 3.02. The molecule has 9 heteroatoms. The van der Waals surface area contributed by atoms with E-state index in [0.29, 0.717) is 6.54 Å². The van der Waals surface area contributed by atoms with Gasteiger partial charge in [-0.25, -0.2) is 0 Å². The molecule has 0 saturated heterocycles. The first-order valence-electron chi connectivity index (χ1n) is 8.61. The van der Waals surface area contributed by atoms with Crippen LogP contribution in [0.3, 0.4) is 0 Å². The molecule has 0 aromatic carbocycles. The Morgan fingerprint density at radius 2 is 1.48 bits per heavy atom. The molecule has 0 atom stereocenters. The summed E-state index contributed by atoms with van der Waals surface area (Å²) in [6, 6.07) is 12.9. The standard InChI is InChI=1S/C18H21N6Si.HOSi/c25-11-5-10-24-15-18(21-22-24)14-23(12-16-6-1-3-8-19-16)13-17-7-2-4-9-20-17;1-2/h1-4,6-9,15H,5,10-14H2;1H. The Labute approximate surface area is 166 Å². The molecule has 0 bridgehead atoms. The Bertz CT molecular complexity index is 715. The number of hydrogen-bond acceptors (Lipinski definition) is 6. The van der Waals surface area contributed by atoms with Crippen molar-refractivity contribution in [1.29, 1.82) is 0 Å². The van der Waals surface area contributed by atoms with Crippen LogP contribution in [0.1, 0.15) is 23.5 Å². The third-order valence-corrected chi connectivity index (χ3v) is 4.11. The van der Waals surface area contributed by atoms with E-state index in [0.717, 1.165) is 49.2 Å². The van der Waals surface area contributed by atoms with Gasteiger partial charge >= 0.3 is 0 Å². The molecular weight excluding hydrogens is 372 g/mol. The molecule has 3 heterocycles. The number of nitrogens with zero attached hydrogens (tertiary/aromatic N) is 6. The van der Waals surface area contributed by atoms with Crippen LogP contribution in [-0.4, -0.2) is 55.4 Å². The van der Waals surface area contributed by atoms with Crippen molar-refractivity contribution in [3.63, 3.8) is 0 Å². The van der Waals surface area contributed by atoms with Crippen LogP contribution in [0.25, 0.3) is 0 Å². The summed E-state index contributed by atoms with van der Waals surface area (Å²) in [5.74, 6) is 0. The van der Waals surface area contributed by atoms with Crippen molar-refractivity contribution in [3.8, 4) is 0 Å². The summed E-state index contributed by atoms with van der Waals surface area (Å²) in [7, 11) is 5.46. The lowest BCUT2D eigenvalue weighted by Gasteiger charge is -2.20. The number of aryl methyl sites for hydroxylation is 1. The third-order valence-electron chi connectivity index (χ3n) is 3.76. The fourth-order valence-corrected chi connectivity index (χ4v) is 2.76. The Kier molecular flexibility index (Phi) is 9.56. The van der Waals surface area contributed by atoms with E-state index in [1.54, 1.807) is 0 Å². The van der Waals surface area contributed by atoms with Crippen LogP contribution in [0.4, 0.5) is 0 Å². The van der Waals surface area contributed by atoms with E-state index in [4.69, 9.17) is 4.80 Å². The van der Waals surface area contributed by atoms with E-state index in [1.165, 1.54) is 0 Å². The van der Waals surface area contributed by atoms with Crippen LogP contribution < -0.4 is 0 Å². The van der Waals surface area contributed by atoms with Crippen molar-refractivity contribution in [2.45, 2.75) is 38.6 Å². The minimum Gasteiger partial charge on any atom is -0.433 e. The van der Waals surface area contributed by atoms with E-state index >= 15 is 0 Å². The fourth-order valence-electron chi connectivity index (χ4n) is 2.60. The largest absolute Gasteiger partial charge is 0.433 e. The Hall–Kier alpha value is -2.21. The average Bonchev–Trinajstić information content (AvgIpc) is 3.16. The summed E-state index contributed by atoms with van der Waals surface area (Å²) < 4.78 is 1.90. The molecule has 3 rings (SSSR count). The molecule has 0 aliphatic heterocycles. The Morgan fingerprint density at radius 3 is 2.00 bits per heavy atom. The third kappa shape index (κ3) is 7.51.